The summed E-state index contributed by atoms with van der Waals surface area (Å²) in [7, 11) is 0. The number of hydrogen-bond acceptors (Lipinski definition) is 3. The van der Waals surface area contributed by atoms with Crippen LogP contribution in [0.4, 0.5) is 0 Å². The number of rotatable bonds is 2. The van der Waals surface area contributed by atoms with Crippen molar-refractivity contribution in [2.75, 3.05) is 13.1 Å². The van der Waals surface area contributed by atoms with E-state index in [1.54, 1.807) is 11.5 Å². The molecule has 1 unspecified atom stereocenters. The molecule has 1 aromatic carbocycles. The first kappa shape index (κ1) is 11.2. The molecule has 1 fully saturated rings. The summed E-state index contributed by atoms with van der Waals surface area (Å²) in [5.74, 6) is 0.813. The first-order valence-corrected chi connectivity index (χ1v) is 7.16. The minimum Gasteiger partial charge on any atom is -0.316 e. The molecular formula is C14H18N2S. The summed E-state index contributed by atoms with van der Waals surface area (Å²) in [5, 5.41) is 4.83. The van der Waals surface area contributed by atoms with Crippen molar-refractivity contribution in [2.24, 2.45) is 5.92 Å². The smallest absolute Gasteiger partial charge is 0.0589 e. The molecule has 1 aliphatic rings. The molecule has 2 nitrogen and oxygen atoms in total. The fourth-order valence-corrected chi connectivity index (χ4v) is 3.43. The van der Waals surface area contributed by atoms with Crippen LogP contribution in [0.3, 0.4) is 0 Å². The quantitative estimate of drug-likeness (QED) is 0.880. The maximum Gasteiger partial charge on any atom is 0.0589 e. The van der Waals surface area contributed by atoms with Gasteiger partial charge in [0.15, 0.2) is 0 Å². The molecule has 0 aliphatic carbocycles. The molecule has 0 saturated carbocycles. The molecule has 2 heterocycles. The van der Waals surface area contributed by atoms with Crippen LogP contribution < -0.4 is 5.32 Å². The number of benzene rings is 1. The highest BCUT2D eigenvalue weighted by molar-refractivity contribution is 7.13. The van der Waals surface area contributed by atoms with Gasteiger partial charge in [0, 0.05) is 5.39 Å². The van der Waals surface area contributed by atoms with E-state index in [1.165, 1.54) is 53.7 Å². The second kappa shape index (κ2) is 4.75. The minimum atomic E-state index is 0.813. The van der Waals surface area contributed by atoms with E-state index in [1.807, 2.05) is 0 Å². The fourth-order valence-electron chi connectivity index (χ4n) is 2.66. The number of nitrogens with zero attached hydrogens (tertiary/aromatic N) is 1. The second-order valence-electron chi connectivity index (χ2n) is 5.01. The summed E-state index contributed by atoms with van der Waals surface area (Å²) in [6.45, 7) is 4.48. The van der Waals surface area contributed by atoms with Gasteiger partial charge in [-0.1, -0.05) is 6.07 Å². The number of nitrogens with one attached hydrogen (secondary N) is 1. The Morgan fingerprint density at radius 2 is 2.41 bits per heavy atom. The SMILES string of the molecule is Cc1nsc2ccc(CC3CCCNC3)cc12. The van der Waals surface area contributed by atoms with Gasteiger partial charge in [-0.2, -0.15) is 4.37 Å². The number of aromatic nitrogens is 1. The zero-order valence-corrected chi connectivity index (χ0v) is 11.0. The molecule has 1 N–H and O–H groups in total. The number of aryl methyl sites for hydroxylation is 1. The van der Waals surface area contributed by atoms with Crippen molar-refractivity contribution in [1.29, 1.82) is 0 Å². The van der Waals surface area contributed by atoms with Gasteiger partial charge in [-0.25, -0.2) is 0 Å². The second-order valence-corrected chi connectivity index (χ2v) is 5.82. The van der Waals surface area contributed by atoms with Crippen LogP contribution in [0.15, 0.2) is 18.2 Å². The average molecular weight is 246 g/mol. The van der Waals surface area contributed by atoms with Gasteiger partial charge in [0.1, 0.15) is 0 Å². The molecule has 1 saturated heterocycles. The van der Waals surface area contributed by atoms with Crippen molar-refractivity contribution < 1.29 is 0 Å². The molecule has 0 bridgehead atoms. The van der Waals surface area contributed by atoms with E-state index < -0.39 is 0 Å². The monoisotopic (exact) mass is 246 g/mol. The summed E-state index contributed by atoms with van der Waals surface area (Å²) in [6, 6.07) is 6.84. The van der Waals surface area contributed by atoms with Crippen LogP contribution in [0, 0.1) is 12.8 Å². The lowest BCUT2D eigenvalue weighted by Gasteiger charge is -2.22. The van der Waals surface area contributed by atoms with Gasteiger partial charge in [0.2, 0.25) is 0 Å². The first-order valence-electron chi connectivity index (χ1n) is 6.38. The molecule has 90 valence electrons. The Hall–Kier alpha value is -0.930. The van der Waals surface area contributed by atoms with Crippen LogP contribution in [-0.4, -0.2) is 17.5 Å². The molecule has 1 aromatic heterocycles. The minimum absolute atomic E-state index is 0.813. The van der Waals surface area contributed by atoms with Crippen molar-refractivity contribution in [2.45, 2.75) is 26.2 Å². The van der Waals surface area contributed by atoms with Crippen LogP contribution in [0.1, 0.15) is 24.1 Å². The van der Waals surface area contributed by atoms with E-state index in [0.29, 0.717) is 0 Å². The largest absolute Gasteiger partial charge is 0.316 e. The zero-order valence-electron chi connectivity index (χ0n) is 10.2. The van der Waals surface area contributed by atoms with Gasteiger partial charge >= 0.3 is 0 Å². The Labute approximate surface area is 106 Å². The highest BCUT2D eigenvalue weighted by Crippen LogP contribution is 2.25. The van der Waals surface area contributed by atoms with Crippen molar-refractivity contribution in [1.82, 2.24) is 9.69 Å². The van der Waals surface area contributed by atoms with Crippen molar-refractivity contribution in [3.63, 3.8) is 0 Å². The van der Waals surface area contributed by atoms with E-state index in [9.17, 15) is 0 Å². The third-order valence-electron chi connectivity index (χ3n) is 3.64. The Morgan fingerprint density at radius 3 is 3.24 bits per heavy atom. The van der Waals surface area contributed by atoms with E-state index >= 15 is 0 Å². The van der Waals surface area contributed by atoms with E-state index in [2.05, 4.69) is 34.8 Å². The average Bonchev–Trinajstić information content (AvgIpc) is 2.73. The van der Waals surface area contributed by atoms with Crippen molar-refractivity contribution in [3.05, 3.63) is 29.5 Å². The third-order valence-corrected chi connectivity index (χ3v) is 4.56. The summed E-state index contributed by atoms with van der Waals surface area (Å²) in [6.07, 6.45) is 3.90. The highest BCUT2D eigenvalue weighted by atomic mass is 32.1. The Kier molecular flexibility index (Phi) is 3.12. The van der Waals surface area contributed by atoms with Gasteiger partial charge < -0.3 is 5.32 Å². The molecule has 17 heavy (non-hydrogen) atoms. The predicted octanol–water partition coefficient (Wildman–Crippen LogP) is 3.15. The molecule has 3 heteroatoms. The molecule has 2 aromatic rings. The van der Waals surface area contributed by atoms with Gasteiger partial charge in [-0.15, -0.1) is 0 Å². The van der Waals surface area contributed by atoms with Crippen LogP contribution in [0.25, 0.3) is 10.1 Å². The molecule has 0 amide bonds. The van der Waals surface area contributed by atoms with Gasteiger partial charge in [0.05, 0.1) is 10.4 Å². The van der Waals surface area contributed by atoms with Crippen molar-refractivity contribution >= 4 is 21.6 Å². The summed E-state index contributed by atoms with van der Waals surface area (Å²) < 4.78 is 5.73. The van der Waals surface area contributed by atoms with E-state index in [4.69, 9.17) is 0 Å². The van der Waals surface area contributed by atoms with E-state index in [0.717, 1.165) is 5.92 Å². The first-order chi connectivity index (χ1) is 8.33. The van der Waals surface area contributed by atoms with Crippen LogP contribution >= 0.6 is 11.5 Å². The van der Waals surface area contributed by atoms with Crippen LogP contribution in [0.2, 0.25) is 0 Å². The van der Waals surface area contributed by atoms with Gasteiger partial charge in [0.25, 0.3) is 0 Å². The summed E-state index contributed by atoms with van der Waals surface area (Å²) in [4.78, 5) is 0. The molecule has 1 atom stereocenters. The van der Waals surface area contributed by atoms with Crippen molar-refractivity contribution in [3.8, 4) is 0 Å². The Morgan fingerprint density at radius 1 is 1.47 bits per heavy atom. The molecule has 1 aliphatic heterocycles. The Bertz CT molecular complexity index is 512. The lowest BCUT2D eigenvalue weighted by atomic mass is 9.92. The standard InChI is InChI=1S/C14H18N2S/c1-10-13-8-11(4-5-14(13)17-16-10)7-12-3-2-6-15-9-12/h4-5,8,12,15H,2-3,6-7,9H2,1H3. The topological polar surface area (TPSA) is 24.9 Å². The number of piperidine rings is 1. The summed E-state index contributed by atoms with van der Waals surface area (Å²) >= 11 is 1.61. The normalized spacial score (nSPS) is 20.9. The molecule has 3 rings (SSSR count). The summed E-state index contributed by atoms with van der Waals surface area (Å²) in [5.41, 5.74) is 2.64. The zero-order chi connectivity index (χ0) is 11.7. The van der Waals surface area contributed by atoms with E-state index in [-0.39, 0.29) is 0 Å². The lowest BCUT2D eigenvalue weighted by Crippen LogP contribution is -2.30. The Balaban J connectivity index is 1.82. The van der Waals surface area contributed by atoms with Crippen LogP contribution in [0.5, 0.6) is 0 Å². The molecule has 0 radical (unpaired) electrons. The molecular weight excluding hydrogens is 228 g/mol. The predicted molar refractivity (Wildman–Crippen MR) is 73.7 cm³/mol. The number of hydrogen-bond donors (Lipinski definition) is 1. The maximum absolute atomic E-state index is 4.41. The van der Waals surface area contributed by atoms with Gasteiger partial charge in [-0.05, 0) is 74.4 Å². The third kappa shape index (κ3) is 2.35. The molecule has 0 spiro atoms. The number of fused-ring (bicyclic) bond motifs is 1. The fraction of sp³-hybridized carbons (Fsp3) is 0.500. The van der Waals surface area contributed by atoms with Crippen LogP contribution in [-0.2, 0) is 6.42 Å². The lowest BCUT2D eigenvalue weighted by molar-refractivity contribution is 0.376. The van der Waals surface area contributed by atoms with Gasteiger partial charge in [-0.3, -0.25) is 0 Å². The maximum atomic E-state index is 4.41. The highest BCUT2D eigenvalue weighted by Gasteiger charge is 2.14.